The standard InChI is InChI=1S/C27H30ClN3O4S/c1-27(18-34-17-19-6-4-3-5-7-19,30-26(33)35-24-11-10-23(28)36-24)25(32)29-22-9-8-20-12-14-31(2)15-13-21(20)16-22/h3-11,16H,12-15,17-18H2,1-2H3,(H,29,32)(H,30,33). The summed E-state index contributed by atoms with van der Waals surface area (Å²) in [5, 5.41) is 5.99. The molecule has 0 saturated heterocycles. The third-order valence-electron chi connectivity index (χ3n) is 6.11. The maximum absolute atomic E-state index is 13.5. The Bertz CT molecular complexity index is 1200. The molecule has 1 aromatic heterocycles. The summed E-state index contributed by atoms with van der Waals surface area (Å²) in [6, 6.07) is 18.9. The van der Waals surface area contributed by atoms with Crippen LogP contribution in [0.1, 0.15) is 23.6 Å². The lowest BCUT2D eigenvalue weighted by Crippen LogP contribution is -2.58. The van der Waals surface area contributed by atoms with E-state index in [2.05, 4.69) is 28.6 Å². The van der Waals surface area contributed by atoms with Crippen molar-refractivity contribution in [2.24, 2.45) is 0 Å². The first-order valence-corrected chi connectivity index (χ1v) is 13.0. The lowest BCUT2D eigenvalue weighted by Gasteiger charge is -2.29. The van der Waals surface area contributed by atoms with Crippen LogP contribution in [0.15, 0.2) is 60.7 Å². The van der Waals surface area contributed by atoms with Crippen molar-refractivity contribution >= 4 is 40.6 Å². The smallest absolute Gasteiger partial charge is 0.399 e. The third-order valence-corrected chi connectivity index (χ3v) is 7.22. The number of carbonyl (C=O) groups excluding carboxylic acids is 2. The second-order valence-electron chi connectivity index (χ2n) is 9.12. The minimum atomic E-state index is -1.39. The summed E-state index contributed by atoms with van der Waals surface area (Å²) in [4.78, 5) is 28.4. The fourth-order valence-electron chi connectivity index (χ4n) is 3.98. The van der Waals surface area contributed by atoms with E-state index in [4.69, 9.17) is 21.1 Å². The molecule has 0 saturated carbocycles. The molecule has 0 spiro atoms. The number of anilines is 1. The van der Waals surface area contributed by atoms with Crippen LogP contribution in [-0.2, 0) is 29.0 Å². The first kappa shape index (κ1) is 26.2. The normalized spacial score (nSPS) is 15.3. The fourth-order valence-corrected chi connectivity index (χ4v) is 4.86. The minimum absolute atomic E-state index is 0.0518. The molecule has 9 heteroatoms. The molecule has 7 nitrogen and oxygen atoms in total. The number of thiophene rings is 1. The van der Waals surface area contributed by atoms with E-state index in [1.54, 1.807) is 19.1 Å². The van der Waals surface area contributed by atoms with Gasteiger partial charge in [0.1, 0.15) is 5.54 Å². The molecule has 1 aliphatic rings. The van der Waals surface area contributed by atoms with Gasteiger partial charge >= 0.3 is 6.09 Å². The Balaban J connectivity index is 1.47. The Kier molecular flexibility index (Phi) is 8.64. The van der Waals surface area contributed by atoms with E-state index < -0.39 is 17.5 Å². The molecule has 2 amide bonds. The molecule has 0 radical (unpaired) electrons. The highest BCUT2D eigenvalue weighted by molar-refractivity contribution is 7.17. The van der Waals surface area contributed by atoms with Gasteiger partial charge in [-0.1, -0.05) is 59.3 Å². The number of ether oxygens (including phenoxy) is 2. The Morgan fingerprint density at radius 2 is 1.81 bits per heavy atom. The number of hydrogen-bond acceptors (Lipinski definition) is 6. The molecule has 190 valence electrons. The number of nitrogens with zero attached hydrogens (tertiary/aromatic N) is 1. The van der Waals surface area contributed by atoms with E-state index in [0.717, 1.165) is 42.8 Å². The van der Waals surface area contributed by atoms with Crippen LogP contribution in [0.25, 0.3) is 0 Å². The zero-order chi connectivity index (χ0) is 25.5. The van der Waals surface area contributed by atoms with E-state index in [0.29, 0.717) is 21.7 Å². The summed E-state index contributed by atoms with van der Waals surface area (Å²) in [5.41, 5.74) is 2.77. The third kappa shape index (κ3) is 7.07. The van der Waals surface area contributed by atoms with Gasteiger partial charge in [-0.05, 0) is 67.8 Å². The molecule has 2 aromatic carbocycles. The summed E-state index contributed by atoms with van der Waals surface area (Å²) < 4.78 is 11.7. The van der Waals surface area contributed by atoms with Crippen molar-refractivity contribution in [2.45, 2.75) is 31.9 Å². The zero-order valence-electron chi connectivity index (χ0n) is 20.4. The second-order valence-corrected chi connectivity index (χ2v) is 10.8. The van der Waals surface area contributed by atoms with Gasteiger partial charge in [-0.3, -0.25) is 4.79 Å². The van der Waals surface area contributed by atoms with Crippen LogP contribution >= 0.6 is 22.9 Å². The largest absolute Gasteiger partial charge is 0.414 e. The summed E-state index contributed by atoms with van der Waals surface area (Å²) in [7, 11) is 2.12. The average Bonchev–Trinajstić information content (AvgIpc) is 3.16. The predicted octanol–water partition coefficient (Wildman–Crippen LogP) is 5.13. The molecule has 0 aliphatic carbocycles. The fraction of sp³-hybridized carbons (Fsp3) is 0.333. The Hall–Kier alpha value is -2.91. The van der Waals surface area contributed by atoms with Crippen LogP contribution in [-0.4, -0.2) is 49.2 Å². The summed E-state index contributed by atoms with van der Waals surface area (Å²) in [5.74, 6) is -0.401. The molecule has 3 aromatic rings. The second kappa shape index (κ2) is 11.9. The SMILES string of the molecule is CN1CCc2ccc(NC(=O)C(C)(COCc3ccccc3)NC(=O)Oc3ccc(Cl)s3)cc2CC1. The predicted molar refractivity (Wildman–Crippen MR) is 143 cm³/mol. The molecule has 1 atom stereocenters. The number of nitrogens with one attached hydrogen (secondary N) is 2. The van der Waals surface area contributed by atoms with Crippen LogP contribution < -0.4 is 15.4 Å². The van der Waals surface area contributed by atoms with Gasteiger partial charge in [0.25, 0.3) is 5.91 Å². The molecular weight excluding hydrogens is 498 g/mol. The van der Waals surface area contributed by atoms with Crippen molar-refractivity contribution in [3.63, 3.8) is 0 Å². The molecule has 36 heavy (non-hydrogen) atoms. The van der Waals surface area contributed by atoms with E-state index >= 15 is 0 Å². The highest BCUT2D eigenvalue weighted by Gasteiger charge is 2.36. The highest BCUT2D eigenvalue weighted by Crippen LogP contribution is 2.28. The zero-order valence-corrected chi connectivity index (χ0v) is 22.0. The molecule has 4 rings (SSSR count). The quantitative estimate of drug-likeness (QED) is 0.424. The highest BCUT2D eigenvalue weighted by atomic mass is 35.5. The van der Waals surface area contributed by atoms with Crippen molar-refractivity contribution in [3.8, 4) is 5.06 Å². The monoisotopic (exact) mass is 527 g/mol. The van der Waals surface area contributed by atoms with Crippen molar-refractivity contribution in [2.75, 3.05) is 32.1 Å². The summed E-state index contributed by atoms with van der Waals surface area (Å²) >= 11 is 7.06. The van der Waals surface area contributed by atoms with Gasteiger partial charge in [0.05, 0.1) is 17.6 Å². The van der Waals surface area contributed by atoms with Crippen LogP contribution in [0.2, 0.25) is 4.34 Å². The van der Waals surface area contributed by atoms with Gasteiger partial charge in [-0.15, -0.1) is 0 Å². The van der Waals surface area contributed by atoms with Crippen molar-refractivity contribution in [1.29, 1.82) is 0 Å². The van der Waals surface area contributed by atoms with Gasteiger partial charge in [-0.2, -0.15) is 0 Å². The van der Waals surface area contributed by atoms with Crippen molar-refractivity contribution < 1.29 is 19.1 Å². The molecule has 1 aliphatic heterocycles. The Labute approximate surface area is 220 Å². The molecule has 2 N–H and O–H groups in total. The maximum Gasteiger partial charge on any atom is 0.414 e. The summed E-state index contributed by atoms with van der Waals surface area (Å²) in [6.45, 7) is 3.85. The topological polar surface area (TPSA) is 79.9 Å². The van der Waals surface area contributed by atoms with Gasteiger partial charge in [0.15, 0.2) is 5.06 Å². The van der Waals surface area contributed by atoms with E-state index in [1.165, 1.54) is 11.1 Å². The first-order valence-electron chi connectivity index (χ1n) is 11.8. The van der Waals surface area contributed by atoms with Crippen molar-refractivity contribution in [1.82, 2.24) is 10.2 Å². The Morgan fingerprint density at radius 1 is 1.06 bits per heavy atom. The number of amides is 2. The number of fused-ring (bicyclic) bond motifs is 1. The molecule has 2 heterocycles. The van der Waals surface area contributed by atoms with Crippen LogP contribution in [0, 0.1) is 0 Å². The molecular formula is C27H30ClN3O4S. The molecule has 0 bridgehead atoms. The van der Waals surface area contributed by atoms with Gasteiger partial charge < -0.3 is 25.0 Å². The number of rotatable bonds is 8. The first-order chi connectivity index (χ1) is 17.3. The van der Waals surface area contributed by atoms with Crippen LogP contribution in [0.5, 0.6) is 5.06 Å². The molecule has 1 unspecified atom stereocenters. The molecule has 0 fully saturated rings. The lowest BCUT2D eigenvalue weighted by atomic mass is 10.0. The van der Waals surface area contributed by atoms with Crippen LogP contribution in [0.4, 0.5) is 10.5 Å². The van der Waals surface area contributed by atoms with Crippen molar-refractivity contribution in [3.05, 3.63) is 81.7 Å². The van der Waals surface area contributed by atoms with Crippen LogP contribution in [0.3, 0.4) is 0 Å². The van der Waals surface area contributed by atoms with Gasteiger partial charge in [0.2, 0.25) is 0 Å². The summed E-state index contributed by atoms with van der Waals surface area (Å²) in [6.07, 6.45) is 1.13. The lowest BCUT2D eigenvalue weighted by molar-refractivity contribution is -0.124. The van der Waals surface area contributed by atoms with E-state index in [-0.39, 0.29) is 6.61 Å². The Morgan fingerprint density at radius 3 is 2.53 bits per heavy atom. The number of likely N-dealkylation sites (N-methyl/N-ethyl adjacent to an activating group) is 1. The van der Waals surface area contributed by atoms with E-state index in [1.807, 2.05) is 42.5 Å². The number of carbonyl (C=O) groups is 2. The van der Waals surface area contributed by atoms with Gasteiger partial charge in [-0.25, -0.2) is 4.79 Å². The van der Waals surface area contributed by atoms with E-state index in [9.17, 15) is 9.59 Å². The average molecular weight is 528 g/mol. The van der Waals surface area contributed by atoms with Gasteiger partial charge in [0, 0.05) is 18.8 Å². The number of halogens is 1. The minimum Gasteiger partial charge on any atom is -0.399 e. The number of hydrogen-bond donors (Lipinski definition) is 2. The maximum atomic E-state index is 13.5. The number of benzene rings is 2.